The van der Waals surface area contributed by atoms with Crippen LogP contribution in [-0.2, 0) is 30.7 Å². The number of nitrogens with zero attached hydrogens (tertiary/aromatic N) is 2. The number of ether oxygens (including phenoxy) is 1. The molecule has 0 saturated carbocycles. The summed E-state index contributed by atoms with van der Waals surface area (Å²) in [4.78, 5) is 55.1. The quantitative estimate of drug-likeness (QED) is 0.0919. The number of carbonyl (C=O) groups is 4. The molecule has 2 aliphatic heterocycles. The van der Waals surface area contributed by atoms with E-state index in [0.29, 0.717) is 22.3 Å². The maximum absolute atomic E-state index is 13.0. The van der Waals surface area contributed by atoms with E-state index in [4.69, 9.17) is 4.74 Å². The Bertz CT molecular complexity index is 3390. The number of hydrogen-bond acceptors (Lipinski definition) is 7. The van der Waals surface area contributed by atoms with Crippen LogP contribution in [-0.4, -0.2) is 47.6 Å². The lowest BCUT2D eigenvalue weighted by Crippen LogP contribution is -2.30. The average Bonchev–Trinajstić information content (AvgIpc) is 3.45. The number of carboxylic acid groups (broad SMARTS) is 1. The van der Waals surface area contributed by atoms with Crippen LogP contribution in [0.1, 0.15) is 149 Å². The molecule has 0 saturated heterocycles. The summed E-state index contributed by atoms with van der Waals surface area (Å²) < 4.78 is 5.63. The lowest BCUT2D eigenvalue weighted by atomic mass is 9.97. The Balaban J connectivity index is 0.000000227. The van der Waals surface area contributed by atoms with E-state index in [0.717, 1.165) is 90.8 Å². The van der Waals surface area contributed by atoms with Gasteiger partial charge in [0.25, 0.3) is 11.8 Å². The zero-order valence-corrected chi connectivity index (χ0v) is 45.2. The lowest BCUT2D eigenvalue weighted by Gasteiger charge is -2.32. The van der Waals surface area contributed by atoms with Gasteiger partial charge in [0.2, 0.25) is 0 Å². The third-order valence-electron chi connectivity index (χ3n) is 14.4. The second kappa shape index (κ2) is 26.7. The van der Waals surface area contributed by atoms with Crippen molar-refractivity contribution in [2.24, 2.45) is 0 Å². The van der Waals surface area contributed by atoms with Crippen LogP contribution in [0.5, 0.6) is 0 Å². The van der Waals surface area contributed by atoms with Gasteiger partial charge in [-0.3, -0.25) is 9.59 Å². The van der Waals surface area contributed by atoms with Crippen molar-refractivity contribution in [1.29, 1.82) is 0 Å². The highest BCUT2D eigenvalue weighted by atomic mass is 16.6. The van der Waals surface area contributed by atoms with Gasteiger partial charge in [0.05, 0.1) is 23.2 Å². The lowest BCUT2D eigenvalue weighted by molar-refractivity contribution is 0.00699. The fraction of sp³-hybridized carbons (Fsp3) is 0.257. The van der Waals surface area contributed by atoms with Crippen molar-refractivity contribution in [2.75, 3.05) is 22.9 Å². The van der Waals surface area contributed by atoms with Gasteiger partial charge in [-0.2, -0.15) is 0 Å². The van der Waals surface area contributed by atoms with Crippen LogP contribution in [0.25, 0.3) is 22.3 Å². The first kappa shape index (κ1) is 58.9. The molecule has 0 spiro atoms. The van der Waals surface area contributed by atoms with Gasteiger partial charge in [-0.1, -0.05) is 160 Å². The SMILES string of the molecule is C.C.C[C@H](NC(=O)c1ccc2c(c1)CCCN2Cc1ccc(-c2ccccc2C(=O)O)cc1)c1ccccc1.C[C@H](NC(=O)c1ccc2c(c1)CCCN2Cc1ccc(-c2ccccc2C(=O)OC(C)(C)C)cc1)c1ccccc1. The molecule has 2 amide bonds. The molecule has 2 aliphatic rings. The molecular formula is C70H76N4O6. The number of anilines is 2. The summed E-state index contributed by atoms with van der Waals surface area (Å²) in [5, 5.41) is 15.7. The zero-order valence-electron chi connectivity index (χ0n) is 45.2. The first-order valence-electron chi connectivity index (χ1n) is 27.0. The molecule has 3 N–H and O–H groups in total. The third kappa shape index (κ3) is 14.7. The molecule has 80 heavy (non-hydrogen) atoms. The van der Waals surface area contributed by atoms with Gasteiger partial charge < -0.3 is 30.3 Å². The van der Waals surface area contributed by atoms with Crippen molar-refractivity contribution in [2.45, 2.75) is 106 Å². The molecule has 0 unspecified atom stereocenters. The molecule has 0 aromatic heterocycles. The summed E-state index contributed by atoms with van der Waals surface area (Å²) in [6.07, 6.45) is 3.98. The predicted molar refractivity (Wildman–Crippen MR) is 326 cm³/mol. The highest BCUT2D eigenvalue weighted by molar-refractivity contribution is 5.98. The van der Waals surface area contributed by atoms with Crippen LogP contribution in [0.15, 0.2) is 194 Å². The molecule has 8 aromatic rings. The second-order valence-corrected chi connectivity index (χ2v) is 21.2. The molecular weight excluding hydrogens is 993 g/mol. The van der Waals surface area contributed by atoms with E-state index in [1.165, 1.54) is 28.1 Å². The Morgan fingerprint density at radius 3 is 1.31 bits per heavy atom. The number of fused-ring (bicyclic) bond motifs is 2. The van der Waals surface area contributed by atoms with E-state index in [1.807, 2.05) is 168 Å². The highest BCUT2D eigenvalue weighted by Crippen LogP contribution is 2.33. The molecule has 412 valence electrons. The van der Waals surface area contributed by atoms with E-state index in [-0.39, 0.29) is 44.7 Å². The van der Waals surface area contributed by atoms with Crippen LogP contribution in [0.3, 0.4) is 0 Å². The summed E-state index contributed by atoms with van der Waals surface area (Å²) >= 11 is 0. The molecule has 0 radical (unpaired) electrons. The molecule has 10 rings (SSSR count). The summed E-state index contributed by atoms with van der Waals surface area (Å²) in [5.74, 6) is -1.35. The molecule has 10 heteroatoms. The van der Waals surface area contributed by atoms with E-state index in [9.17, 15) is 24.3 Å². The Kier molecular flexibility index (Phi) is 19.7. The maximum atomic E-state index is 13.0. The van der Waals surface area contributed by atoms with Gasteiger partial charge in [-0.15, -0.1) is 0 Å². The van der Waals surface area contributed by atoms with Gasteiger partial charge in [0, 0.05) is 48.7 Å². The van der Waals surface area contributed by atoms with Crippen LogP contribution in [0.2, 0.25) is 0 Å². The summed E-state index contributed by atoms with van der Waals surface area (Å²) in [7, 11) is 0. The Hall–Kier alpha value is -8.76. The van der Waals surface area contributed by atoms with Gasteiger partial charge in [-0.05, 0) is 164 Å². The second-order valence-electron chi connectivity index (χ2n) is 21.2. The molecule has 0 fully saturated rings. The minimum absolute atomic E-state index is 0. The first-order valence-corrected chi connectivity index (χ1v) is 27.0. The van der Waals surface area contributed by atoms with Gasteiger partial charge in [0.1, 0.15) is 5.60 Å². The molecule has 10 nitrogen and oxygen atoms in total. The standard InChI is InChI=1S/C36H38N2O3.C32H30N2O3.2CH4/c1-25(27-11-6-5-7-12-27)37-34(39)30-20-21-33-29(23-30)13-10-22-38(33)24-26-16-18-28(19-17-26)31-14-8-9-15-32(31)35(40)41-36(2,3)4;1-22(24-8-3-2-4-9-24)33-31(35)27-17-18-30-26(20-27)10-7-19-34(30)21-23-13-15-25(16-14-23)28-11-5-6-12-29(28)32(36)37;;/h5-9,11-12,14-21,23,25H,10,13,22,24H2,1-4H3,(H,37,39);2-6,8-9,11-18,20,22H,7,10,19,21H2,1H3,(H,33,35)(H,36,37);2*1H4/t25-;22-;;/m00../s1. The van der Waals surface area contributed by atoms with Gasteiger partial charge in [-0.25, -0.2) is 9.59 Å². The smallest absolute Gasteiger partial charge is 0.339 e. The number of carbonyl (C=O) groups excluding carboxylic acids is 3. The van der Waals surface area contributed by atoms with E-state index < -0.39 is 11.6 Å². The summed E-state index contributed by atoms with van der Waals surface area (Å²) in [5.41, 5.74) is 14.4. The van der Waals surface area contributed by atoms with Crippen LogP contribution < -0.4 is 20.4 Å². The van der Waals surface area contributed by atoms with Crippen molar-refractivity contribution in [3.63, 3.8) is 0 Å². The number of nitrogens with one attached hydrogen (secondary N) is 2. The average molecular weight is 1070 g/mol. The number of esters is 1. The van der Waals surface area contributed by atoms with Crippen molar-refractivity contribution >= 4 is 35.1 Å². The predicted octanol–water partition coefficient (Wildman–Crippen LogP) is 15.5. The fourth-order valence-corrected chi connectivity index (χ4v) is 10.4. The number of aryl methyl sites for hydroxylation is 2. The molecule has 2 atom stereocenters. The number of hydrogen-bond donors (Lipinski definition) is 3. The van der Waals surface area contributed by atoms with E-state index >= 15 is 0 Å². The van der Waals surface area contributed by atoms with Crippen molar-refractivity contribution in [3.05, 3.63) is 250 Å². The van der Waals surface area contributed by atoms with Gasteiger partial charge in [0.15, 0.2) is 0 Å². The zero-order chi connectivity index (χ0) is 54.8. The first-order chi connectivity index (χ1) is 37.7. The Morgan fingerprint density at radius 2 is 0.900 bits per heavy atom. The summed E-state index contributed by atoms with van der Waals surface area (Å²) in [6, 6.07) is 63.1. The number of rotatable bonds is 14. The molecule has 8 aromatic carbocycles. The molecule has 0 bridgehead atoms. The van der Waals surface area contributed by atoms with Crippen molar-refractivity contribution in [1.82, 2.24) is 10.6 Å². The van der Waals surface area contributed by atoms with Crippen molar-refractivity contribution < 1.29 is 29.0 Å². The Labute approximate surface area is 473 Å². The number of benzene rings is 8. The number of amides is 2. The third-order valence-corrected chi connectivity index (χ3v) is 14.4. The maximum Gasteiger partial charge on any atom is 0.339 e. The van der Waals surface area contributed by atoms with Crippen LogP contribution >= 0.6 is 0 Å². The largest absolute Gasteiger partial charge is 0.478 e. The van der Waals surface area contributed by atoms with Crippen molar-refractivity contribution in [3.8, 4) is 22.3 Å². The van der Waals surface area contributed by atoms with Gasteiger partial charge >= 0.3 is 11.9 Å². The van der Waals surface area contributed by atoms with E-state index in [2.05, 4.69) is 69.0 Å². The van der Waals surface area contributed by atoms with Crippen LogP contribution in [0.4, 0.5) is 11.4 Å². The minimum Gasteiger partial charge on any atom is -0.478 e. The fourth-order valence-electron chi connectivity index (χ4n) is 10.4. The van der Waals surface area contributed by atoms with E-state index in [1.54, 1.807) is 12.1 Å². The minimum atomic E-state index is -0.924. The summed E-state index contributed by atoms with van der Waals surface area (Å²) in [6.45, 7) is 13.1. The molecule has 2 heterocycles. The normalized spacial score (nSPS) is 13.3. The monoisotopic (exact) mass is 1070 g/mol. The number of aromatic carboxylic acids is 1. The molecule has 0 aliphatic carbocycles. The Morgan fingerprint density at radius 1 is 0.512 bits per heavy atom. The van der Waals surface area contributed by atoms with Crippen LogP contribution in [0, 0.1) is 0 Å². The highest BCUT2D eigenvalue weighted by Gasteiger charge is 2.24. The number of carboxylic acids is 1. The topological polar surface area (TPSA) is 128 Å².